The summed E-state index contributed by atoms with van der Waals surface area (Å²) in [6.45, 7) is 0.239. The highest BCUT2D eigenvalue weighted by atomic mass is 16.7. The first-order chi connectivity index (χ1) is 15.8. The van der Waals surface area contributed by atoms with Crippen LogP contribution in [0.1, 0.15) is 53.6 Å². The van der Waals surface area contributed by atoms with Crippen LogP contribution in [-0.4, -0.2) is 18.9 Å². The molecule has 1 aliphatic carbocycles. The van der Waals surface area contributed by atoms with Gasteiger partial charge in [-0.25, -0.2) is 4.79 Å². The first kappa shape index (κ1) is 21.7. The first-order valence-electron chi connectivity index (χ1n) is 11.0. The lowest BCUT2D eigenvalue weighted by Crippen LogP contribution is -2.19. The summed E-state index contributed by atoms with van der Waals surface area (Å²) in [6.07, 6.45) is 6.29. The van der Waals surface area contributed by atoms with E-state index in [-0.39, 0.29) is 6.79 Å². The summed E-state index contributed by atoms with van der Waals surface area (Å²) in [5.41, 5.74) is 2.25. The number of ether oxygens (including phenoxy) is 3. The van der Waals surface area contributed by atoms with Crippen molar-refractivity contribution in [2.24, 2.45) is 0 Å². The van der Waals surface area contributed by atoms with Crippen LogP contribution in [0.4, 0.5) is 0 Å². The molecule has 4 heteroatoms. The van der Waals surface area contributed by atoms with Crippen LogP contribution in [0.15, 0.2) is 78.9 Å². The predicted molar refractivity (Wildman–Crippen MR) is 124 cm³/mol. The van der Waals surface area contributed by atoms with E-state index >= 15 is 0 Å². The summed E-state index contributed by atoms with van der Waals surface area (Å²) in [5.74, 6) is 6.92. The third-order valence-corrected chi connectivity index (χ3v) is 5.36. The highest BCUT2D eigenvalue weighted by Gasteiger charge is 2.13. The maximum Gasteiger partial charge on any atom is 0.343 e. The Morgan fingerprint density at radius 3 is 2.06 bits per heavy atom. The Bertz CT molecular complexity index is 1050. The summed E-state index contributed by atoms with van der Waals surface area (Å²) in [7, 11) is 0. The molecule has 32 heavy (non-hydrogen) atoms. The van der Waals surface area contributed by atoms with Gasteiger partial charge in [0.25, 0.3) is 0 Å². The van der Waals surface area contributed by atoms with E-state index in [1.54, 1.807) is 36.4 Å². The van der Waals surface area contributed by atoms with Gasteiger partial charge in [0.05, 0.1) is 11.7 Å². The summed E-state index contributed by atoms with van der Waals surface area (Å²) in [6, 6.07) is 23.8. The van der Waals surface area contributed by atoms with E-state index in [0.717, 1.165) is 24.0 Å². The van der Waals surface area contributed by atoms with Gasteiger partial charge in [0.15, 0.2) is 6.79 Å². The molecule has 0 atom stereocenters. The van der Waals surface area contributed by atoms with Crippen LogP contribution in [0.3, 0.4) is 0 Å². The number of esters is 1. The maximum atomic E-state index is 12.4. The van der Waals surface area contributed by atoms with Crippen molar-refractivity contribution in [2.75, 3.05) is 6.79 Å². The average Bonchev–Trinajstić information content (AvgIpc) is 2.85. The van der Waals surface area contributed by atoms with Gasteiger partial charge < -0.3 is 14.2 Å². The molecule has 0 N–H and O–H groups in total. The molecule has 1 aliphatic rings. The molecule has 3 aromatic carbocycles. The molecule has 3 aromatic rings. The highest BCUT2D eigenvalue weighted by molar-refractivity contribution is 5.91. The van der Waals surface area contributed by atoms with Crippen LogP contribution < -0.4 is 9.47 Å². The molecule has 1 fully saturated rings. The van der Waals surface area contributed by atoms with Gasteiger partial charge in [-0.3, -0.25) is 0 Å². The number of carbonyl (C=O) groups excluding carboxylic acids is 1. The van der Waals surface area contributed by atoms with E-state index in [2.05, 4.69) is 11.8 Å². The van der Waals surface area contributed by atoms with Crippen LogP contribution in [0, 0.1) is 11.8 Å². The number of benzene rings is 3. The fraction of sp³-hybridized carbons (Fsp3) is 0.250. The van der Waals surface area contributed by atoms with Crippen molar-refractivity contribution >= 4 is 5.97 Å². The third-order valence-electron chi connectivity index (χ3n) is 5.36. The van der Waals surface area contributed by atoms with E-state index in [9.17, 15) is 4.79 Å². The molecule has 162 valence electrons. The van der Waals surface area contributed by atoms with Gasteiger partial charge in [-0.05, 0) is 73.5 Å². The second kappa shape index (κ2) is 11.2. The van der Waals surface area contributed by atoms with E-state index < -0.39 is 5.97 Å². The lowest BCUT2D eigenvalue weighted by molar-refractivity contribution is -0.0497. The number of hydrogen-bond acceptors (Lipinski definition) is 4. The van der Waals surface area contributed by atoms with Gasteiger partial charge in [0, 0.05) is 11.1 Å². The minimum absolute atomic E-state index is 0.239. The molecule has 4 nitrogen and oxygen atoms in total. The molecular formula is C28H26O4. The Hall–Kier alpha value is -3.55. The topological polar surface area (TPSA) is 44.8 Å². The lowest BCUT2D eigenvalue weighted by atomic mass is 9.98. The number of hydrogen-bond donors (Lipinski definition) is 0. The van der Waals surface area contributed by atoms with Crippen molar-refractivity contribution in [3.63, 3.8) is 0 Å². The molecule has 1 saturated carbocycles. The van der Waals surface area contributed by atoms with Crippen LogP contribution in [0.2, 0.25) is 0 Å². The SMILES string of the molecule is O=C(Oc1ccc(OCOC2CCCCC2)cc1)c1ccc(C#Cc2ccccc2)cc1. The summed E-state index contributed by atoms with van der Waals surface area (Å²) in [4.78, 5) is 12.4. The van der Waals surface area contributed by atoms with E-state index in [1.165, 1.54) is 19.3 Å². The maximum absolute atomic E-state index is 12.4. The quantitative estimate of drug-likeness (QED) is 0.210. The molecule has 0 saturated heterocycles. The van der Waals surface area contributed by atoms with E-state index in [4.69, 9.17) is 14.2 Å². The largest absolute Gasteiger partial charge is 0.468 e. The van der Waals surface area contributed by atoms with E-state index in [0.29, 0.717) is 23.2 Å². The van der Waals surface area contributed by atoms with Gasteiger partial charge in [0.1, 0.15) is 11.5 Å². The molecule has 0 aliphatic heterocycles. The Morgan fingerprint density at radius 2 is 1.38 bits per heavy atom. The normalized spacial score (nSPS) is 13.6. The minimum Gasteiger partial charge on any atom is -0.468 e. The first-order valence-corrected chi connectivity index (χ1v) is 11.0. The van der Waals surface area contributed by atoms with Crippen molar-refractivity contribution in [3.05, 3.63) is 95.6 Å². The second-order valence-electron chi connectivity index (χ2n) is 7.74. The molecule has 0 spiro atoms. The van der Waals surface area contributed by atoms with Crippen LogP contribution in [0.25, 0.3) is 0 Å². The fourth-order valence-electron chi connectivity index (χ4n) is 3.56. The van der Waals surface area contributed by atoms with Crippen LogP contribution in [-0.2, 0) is 4.74 Å². The Kier molecular flexibility index (Phi) is 7.57. The Labute approximate surface area is 189 Å². The highest BCUT2D eigenvalue weighted by Crippen LogP contribution is 2.22. The predicted octanol–water partition coefficient (Wildman–Crippen LogP) is 5.99. The lowest BCUT2D eigenvalue weighted by Gasteiger charge is -2.21. The number of carbonyl (C=O) groups is 1. The molecule has 4 rings (SSSR count). The molecule has 0 unspecified atom stereocenters. The van der Waals surface area contributed by atoms with Crippen molar-refractivity contribution < 1.29 is 19.0 Å². The fourth-order valence-corrected chi connectivity index (χ4v) is 3.56. The van der Waals surface area contributed by atoms with E-state index in [1.807, 2.05) is 42.5 Å². The zero-order valence-electron chi connectivity index (χ0n) is 18.0. The minimum atomic E-state index is -0.415. The Balaban J connectivity index is 1.26. The van der Waals surface area contributed by atoms with Crippen LogP contribution >= 0.6 is 0 Å². The van der Waals surface area contributed by atoms with Gasteiger partial charge in [-0.1, -0.05) is 49.3 Å². The second-order valence-corrected chi connectivity index (χ2v) is 7.74. The molecule has 0 bridgehead atoms. The zero-order chi connectivity index (χ0) is 22.0. The number of rotatable bonds is 6. The standard InChI is InChI=1S/C28H26O4/c29-28(24-15-13-23(14-16-24)12-11-22-7-3-1-4-8-22)32-27-19-17-26(18-20-27)31-21-30-25-9-5-2-6-10-25/h1,3-4,7-8,13-20,25H,2,5-6,9-10,21H2. The van der Waals surface area contributed by atoms with Gasteiger partial charge in [-0.15, -0.1) is 0 Å². The smallest absolute Gasteiger partial charge is 0.343 e. The molecule has 0 aromatic heterocycles. The van der Waals surface area contributed by atoms with Crippen molar-refractivity contribution in [1.29, 1.82) is 0 Å². The van der Waals surface area contributed by atoms with Crippen molar-refractivity contribution in [3.8, 4) is 23.3 Å². The van der Waals surface area contributed by atoms with Gasteiger partial charge >= 0.3 is 5.97 Å². The zero-order valence-corrected chi connectivity index (χ0v) is 18.0. The summed E-state index contributed by atoms with van der Waals surface area (Å²) < 4.78 is 16.9. The van der Waals surface area contributed by atoms with Crippen LogP contribution in [0.5, 0.6) is 11.5 Å². The average molecular weight is 427 g/mol. The molecule has 0 heterocycles. The molecular weight excluding hydrogens is 400 g/mol. The molecule has 0 radical (unpaired) electrons. The Morgan fingerprint density at radius 1 is 0.750 bits per heavy atom. The summed E-state index contributed by atoms with van der Waals surface area (Å²) >= 11 is 0. The van der Waals surface area contributed by atoms with Gasteiger partial charge in [-0.2, -0.15) is 0 Å². The third kappa shape index (κ3) is 6.47. The van der Waals surface area contributed by atoms with Crippen molar-refractivity contribution in [2.45, 2.75) is 38.2 Å². The van der Waals surface area contributed by atoms with Gasteiger partial charge in [0.2, 0.25) is 0 Å². The summed E-state index contributed by atoms with van der Waals surface area (Å²) in [5, 5.41) is 0. The molecule has 0 amide bonds. The monoisotopic (exact) mass is 426 g/mol. The van der Waals surface area contributed by atoms with Crippen molar-refractivity contribution in [1.82, 2.24) is 0 Å².